The largest absolute Gasteiger partial charge is 0.356 e. The van der Waals surface area contributed by atoms with Crippen LogP contribution in [0.5, 0.6) is 0 Å². The summed E-state index contributed by atoms with van der Waals surface area (Å²) in [6.07, 6.45) is 0. The molecule has 4 nitrogen and oxygen atoms in total. The minimum Gasteiger partial charge on any atom is -0.356 e. The van der Waals surface area contributed by atoms with Crippen LogP contribution in [0.25, 0.3) is 22.5 Å². The number of carbonyl (C=O) groups is 1. The van der Waals surface area contributed by atoms with Gasteiger partial charge in [-0.2, -0.15) is 0 Å². The smallest absolute Gasteiger partial charge is 0.216 e. The normalized spacial score (nSPS) is 10.5. The molecule has 2 N–H and O–H groups in total. The Morgan fingerprint density at radius 1 is 1.04 bits per heavy atom. The van der Waals surface area contributed by atoms with Crippen molar-refractivity contribution in [1.82, 2.24) is 15.3 Å². The number of aromatic nitrogens is 2. The number of nitrogens with one attached hydrogen (secondary N) is 2. The number of benzene rings is 2. The first-order valence-corrected chi connectivity index (χ1v) is 8.80. The summed E-state index contributed by atoms with van der Waals surface area (Å²) in [6, 6.07) is 20.4. The van der Waals surface area contributed by atoms with Crippen molar-refractivity contribution >= 4 is 17.7 Å². The number of imidazole rings is 1. The van der Waals surface area contributed by atoms with E-state index in [2.05, 4.69) is 34.6 Å². The molecule has 0 aliphatic carbocycles. The van der Waals surface area contributed by atoms with Crippen LogP contribution >= 0.6 is 11.8 Å². The zero-order valence-corrected chi connectivity index (χ0v) is 14.3. The molecule has 0 saturated heterocycles. The third-order valence-corrected chi connectivity index (χ3v) is 4.38. The third kappa shape index (κ3) is 4.06. The fraction of sp³-hybridized carbons (Fsp3) is 0.158. The SMILES string of the molecule is CC(=O)NCCSc1nc(-c2ccccc2)c(-c2ccccc2)[nH]1. The van der Waals surface area contributed by atoms with Gasteiger partial charge in [0.05, 0.1) is 11.4 Å². The summed E-state index contributed by atoms with van der Waals surface area (Å²) >= 11 is 1.61. The van der Waals surface area contributed by atoms with E-state index in [1.165, 1.54) is 6.92 Å². The summed E-state index contributed by atoms with van der Waals surface area (Å²) in [5.41, 5.74) is 4.16. The molecule has 0 atom stereocenters. The highest BCUT2D eigenvalue weighted by Gasteiger charge is 2.14. The molecule has 0 radical (unpaired) electrons. The van der Waals surface area contributed by atoms with Gasteiger partial charge >= 0.3 is 0 Å². The number of nitrogens with zero attached hydrogens (tertiary/aromatic N) is 1. The molecule has 0 unspecified atom stereocenters. The van der Waals surface area contributed by atoms with E-state index in [9.17, 15) is 4.79 Å². The standard InChI is InChI=1S/C19H19N3OS/c1-14(23)20-12-13-24-19-21-17(15-8-4-2-5-9-15)18(22-19)16-10-6-3-7-11-16/h2-11H,12-13H2,1H3,(H,20,23)(H,21,22). The van der Waals surface area contributed by atoms with Gasteiger partial charge < -0.3 is 10.3 Å². The Labute approximate surface area is 145 Å². The summed E-state index contributed by atoms with van der Waals surface area (Å²) in [5.74, 6) is 0.764. The maximum absolute atomic E-state index is 10.9. The van der Waals surface area contributed by atoms with Gasteiger partial charge in [0.25, 0.3) is 0 Å². The van der Waals surface area contributed by atoms with Crippen molar-refractivity contribution < 1.29 is 4.79 Å². The Kier molecular flexibility index (Phi) is 5.33. The second kappa shape index (κ2) is 7.84. The second-order valence-corrected chi connectivity index (χ2v) is 6.41. The highest BCUT2D eigenvalue weighted by atomic mass is 32.2. The van der Waals surface area contributed by atoms with Gasteiger partial charge in [0.15, 0.2) is 5.16 Å². The number of thioether (sulfide) groups is 1. The third-order valence-electron chi connectivity index (χ3n) is 3.51. The van der Waals surface area contributed by atoms with Crippen molar-refractivity contribution in [2.75, 3.05) is 12.3 Å². The Morgan fingerprint density at radius 3 is 2.29 bits per heavy atom. The quantitative estimate of drug-likeness (QED) is 0.528. The molecule has 1 aromatic heterocycles. The highest BCUT2D eigenvalue weighted by Crippen LogP contribution is 2.32. The molecule has 1 amide bonds. The lowest BCUT2D eigenvalue weighted by Crippen LogP contribution is -2.22. The number of hydrogen-bond acceptors (Lipinski definition) is 3. The lowest BCUT2D eigenvalue weighted by Gasteiger charge is -2.02. The lowest BCUT2D eigenvalue weighted by atomic mass is 10.1. The summed E-state index contributed by atoms with van der Waals surface area (Å²) in [7, 11) is 0. The predicted molar refractivity (Wildman–Crippen MR) is 98.9 cm³/mol. The lowest BCUT2D eigenvalue weighted by molar-refractivity contribution is -0.118. The first-order chi connectivity index (χ1) is 11.7. The number of hydrogen-bond donors (Lipinski definition) is 2. The van der Waals surface area contributed by atoms with Gasteiger partial charge in [-0.3, -0.25) is 4.79 Å². The first-order valence-electron chi connectivity index (χ1n) is 7.82. The highest BCUT2D eigenvalue weighted by molar-refractivity contribution is 7.99. The maximum Gasteiger partial charge on any atom is 0.216 e. The topological polar surface area (TPSA) is 57.8 Å². The van der Waals surface area contributed by atoms with Gasteiger partial charge in [-0.1, -0.05) is 72.4 Å². The summed E-state index contributed by atoms with van der Waals surface area (Å²) in [4.78, 5) is 19.1. The second-order valence-electron chi connectivity index (χ2n) is 5.33. The van der Waals surface area contributed by atoms with Gasteiger partial charge in [0.2, 0.25) is 5.91 Å². The molecule has 0 spiro atoms. The van der Waals surface area contributed by atoms with Crippen LogP contribution in [-0.2, 0) is 4.79 Å². The van der Waals surface area contributed by atoms with Crippen molar-refractivity contribution in [1.29, 1.82) is 0 Å². The molecule has 2 aromatic carbocycles. The summed E-state index contributed by atoms with van der Waals surface area (Å²) < 4.78 is 0. The van der Waals surface area contributed by atoms with E-state index in [4.69, 9.17) is 4.98 Å². The summed E-state index contributed by atoms with van der Waals surface area (Å²) in [5, 5.41) is 3.66. The van der Waals surface area contributed by atoms with Crippen LogP contribution in [0, 0.1) is 0 Å². The van der Waals surface area contributed by atoms with E-state index in [-0.39, 0.29) is 5.91 Å². The Balaban J connectivity index is 1.87. The molecule has 1 heterocycles. The molecule has 3 aromatic rings. The van der Waals surface area contributed by atoms with Crippen molar-refractivity contribution in [3.05, 3.63) is 60.7 Å². The monoisotopic (exact) mass is 337 g/mol. The number of aromatic amines is 1. The van der Waals surface area contributed by atoms with E-state index in [1.54, 1.807) is 11.8 Å². The average molecular weight is 337 g/mol. The van der Waals surface area contributed by atoms with Crippen LogP contribution in [0.4, 0.5) is 0 Å². The molecular formula is C19H19N3OS. The van der Waals surface area contributed by atoms with Crippen LogP contribution in [0.15, 0.2) is 65.8 Å². The Hall–Kier alpha value is -2.53. The van der Waals surface area contributed by atoms with E-state index >= 15 is 0 Å². The Bertz CT molecular complexity index is 743. The molecule has 0 saturated carbocycles. The van der Waals surface area contributed by atoms with E-state index in [0.717, 1.165) is 33.4 Å². The molecule has 24 heavy (non-hydrogen) atoms. The zero-order valence-electron chi connectivity index (χ0n) is 13.5. The van der Waals surface area contributed by atoms with Gasteiger partial charge in [-0.15, -0.1) is 0 Å². The molecule has 0 aliphatic heterocycles. The molecule has 0 bridgehead atoms. The maximum atomic E-state index is 10.9. The number of carbonyl (C=O) groups excluding carboxylic acids is 1. The van der Waals surface area contributed by atoms with Crippen LogP contribution in [0.2, 0.25) is 0 Å². The van der Waals surface area contributed by atoms with Crippen LogP contribution in [0.3, 0.4) is 0 Å². The zero-order chi connectivity index (χ0) is 16.8. The van der Waals surface area contributed by atoms with Crippen molar-refractivity contribution in [3.8, 4) is 22.5 Å². The minimum atomic E-state index is -0.00926. The first kappa shape index (κ1) is 16.3. The van der Waals surface area contributed by atoms with Gasteiger partial charge in [0, 0.05) is 30.3 Å². The van der Waals surface area contributed by atoms with Crippen molar-refractivity contribution in [2.24, 2.45) is 0 Å². The fourth-order valence-electron chi connectivity index (χ4n) is 2.41. The Morgan fingerprint density at radius 2 is 1.67 bits per heavy atom. The summed E-state index contributed by atoms with van der Waals surface area (Å²) in [6.45, 7) is 2.15. The van der Waals surface area contributed by atoms with Gasteiger partial charge in [0.1, 0.15) is 0 Å². The van der Waals surface area contributed by atoms with Crippen molar-refractivity contribution in [2.45, 2.75) is 12.1 Å². The predicted octanol–water partition coefficient (Wildman–Crippen LogP) is 3.97. The van der Waals surface area contributed by atoms with E-state index in [1.807, 2.05) is 36.4 Å². The van der Waals surface area contributed by atoms with Crippen LogP contribution in [-0.4, -0.2) is 28.2 Å². The minimum absolute atomic E-state index is 0.00926. The number of H-pyrrole nitrogens is 1. The van der Waals surface area contributed by atoms with Crippen molar-refractivity contribution in [3.63, 3.8) is 0 Å². The fourth-order valence-corrected chi connectivity index (χ4v) is 3.14. The average Bonchev–Trinajstić information content (AvgIpc) is 3.04. The molecule has 3 rings (SSSR count). The molecular weight excluding hydrogens is 318 g/mol. The number of amides is 1. The molecule has 5 heteroatoms. The molecule has 0 aliphatic rings. The van der Waals surface area contributed by atoms with Gasteiger partial charge in [-0.05, 0) is 0 Å². The van der Waals surface area contributed by atoms with Crippen LogP contribution in [0.1, 0.15) is 6.92 Å². The molecule has 122 valence electrons. The number of rotatable bonds is 6. The van der Waals surface area contributed by atoms with Crippen LogP contribution < -0.4 is 5.32 Å². The van der Waals surface area contributed by atoms with Gasteiger partial charge in [-0.25, -0.2) is 4.98 Å². The van der Waals surface area contributed by atoms with E-state index in [0.29, 0.717) is 6.54 Å². The van der Waals surface area contributed by atoms with E-state index < -0.39 is 0 Å². The molecule has 0 fully saturated rings.